The number of nitrogens with zero attached hydrogens (tertiary/aromatic N) is 4. The topological polar surface area (TPSA) is 96.9 Å². The largest absolute Gasteiger partial charge is 0.451 e. The van der Waals surface area contributed by atoms with Crippen LogP contribution in [0.4, 0.5) is 21.8 Å². The third kappa shape index (κ3) is 4.89. The number of aryl methyl sites for hydroxylation is 1. The van der Waals surface area contributed by atoms with Crippen LogP contribution in [0.1, 0.15) is 29.1 Å². The summed E-state index contributed by atoms with van der Waals surface area (Å²) in [5.41, 5.74) is 4.13. The highest BCUT2D eigenvalue weighted by molar-refractivity contribution is 6.06. The minimum atomic E-state index is -0.925. The molecule has 1 amide bonds. The number of furan rings is 1. The number of morpholine rings is 1. The van der Waals surface area contributed by atoms with E-state index in [4.69, 9.17) is 13.6 Å². The van der Waals surface area contributed by atoms with Gasteiger partial charge in [0.1, 0.15) is 17.4 Å². The summed E-state index contributed by atoms with van der Waals surface area (Å²) < 4.78 is 31.7. The molecule has 1 aromatic carbocycles. The second kappa shape index (κ2) is 9.85. The molecule has 2 aliphatic heterocycles. The van der Waals surface area contributed by atoms with Crippen molar-refractivity contribution in [2.24, 2.45) is 0 Å². The van der Waals surface area contributed by atoms with E-state index in [2.05, 4.69) is 15.3 Å². The van der Waals surface area contributed by atoms with Gasteiger partial charge in [0.25, 0.3) is 11.9 Å². The number of benzene rings is 1. The number of halogens is 1. The summed E-state index contributed by atoms with van der Waals surface area (Å²) in [5, 5.41) is 2.97. The van der Waals surface area contributed by atoms with E-state index in [1.807, 2.05) is 34.9 Å². The Morgan fingerprint density at radius 3 is 2.76 bits per heavy atom. The SMILES string of the molecule is Cc1cc(-c2ccc(C(=O)Nc3cc4oc(N5CCOCC5)nc4cc3N3CCCC(F)C3)o2)ccn1. The molecule has 9 nitrogen and oxygen atoms in total. The predicted molar refractivity (Wildman–Crippen MR) is 138 cm³/mol. The van der Waals surface area contributed by atoms with Gasteiger partial charge in [0, 0.05) is 49.7 Å². The fraction of sp³-hybridized carbons (Fsp3) is 0.370. The molecule has 2 aliphatic rings. The van der Waals surface area contributed by atoms with E-state index in [1.165, 1.54) is 0 Å². The lowest BCUT2D eigenvalue weighted by molar-refractivity contribution is 0.0997. The van der Waals surface area contributed by atoms with E-state index in [0.29, 0.717) is 73.5 Å². The number of nitrogens with one attached hydrogen (secondary N) is 1. The fourth-order valence-corrected chi connectivity index (χ4v) is 4.84. The van der Waals surface area contributed by atoms with Crippen LogP contribution in [-0.2, 0) is 4.74 Å². The first-order chi connectivity index (χ1) is 18.0. The molecule has 3 aromatic heterocycles. The van der Waals surface area contributed by atoms with Gasteiger partial charge < -0.3 is 28.7 Å². The number of oxazole rings is 1. The van der Waals surface area contributed by atoms with Crippen molar-refractivity contribution in [1.82, 2.24) is 9.97 Å². The van der Waals surface area contributed by atoms with Gasteiger partial charge in [0.15, 0.2) is 11.3 Å². The van der Waals surface area contributed by atoms with Gasteiger partial charge in [-0.05, 0) is 50.1 Å². The zero-order chi connectivity index (χ0) is 25.4. The Hall–Kier alpha value is -3.92. The van der Waals surface area contributed by atoms with Gasteiger partial charge >= 0.3 is 0 Å². The van der Waals surface area contributed by atoms with Crippen LogP contribution in [0, 0.1) is 6.92 Å². The van der Waals surface area contributed by atoms with E-state index >= 15 is 0 Å². The van der Waals surface area contributed by atoms with Gasteiger partial charge in [-0.2, -0.15) is 4.98 Å². The lowest BCUT2D eigenvalue weighted by atomic mass is 10.1. The summed E-state index contributed by atoms with van der Waals surface area (Å²) in [7, 11) is 0. The number of alkyl halides is 1. The Bertz CT molecular complexity index is 1430. The maximum Gasteiger partial charge on any atom is 0.298 e. The first-order valence-electron chi connectivity index (χ1n) is 12.5. The third-order valence-electron chi connectivity index (χ3n) is 6.74. The summed E-state index contributed by atoms with van der Waals surface area (Å²) in [6.45, 7) is 5.45. The molecule has 192 valence electrons. The van der Waals surface area contributed by atoms with E-state index in [9.17, 15) is 9.18 Å². The number of hydrogen-bond donors (Lipinski definition) is 1. The van der Waals surface area contributed by atoms with E-state index in [0.717, 1.165) is 17.7 Å². The van der Waals surface area contributed by atoms with E-state index in [1.54, 1.807) is 24.4 Å². The normalized spacial score (nSPS) is 18.4. The van der Waals surface area contributed by atoms with Gasteiger partial charge in [0.2, 0.25) is 0 Å². The van der Waals surface area contributed by atoms with E-state index in [-0.39, 0.29) is 12.3 Å². The van der Waals surface area contributed by atoms with Gasteiger partial charge in [0.05, 0.1) is 24.6 Å². The average Bonchev–Trinajstić information content (AvgIpc) is 3.56. The maximum absolute atomic E-state index is 14.3. The van der Waals surface area contributed by atoms with Crippen LogP contribution in [0.25, 0.3) is 22.4 Å². The first kappa shape index (κ1) is 23.5. The van der Waals surface area contributed by atoms with Crippen molar-refractivity contribution in [1.29, 1.82) is 0 Å². The number of aromatic nitrogens is 2. The molecule has 1 unspecified atom stereocenters. The number of anilines is 3. The number of carbonyl (C=O) groups excluding carboxylic acids is 1. The molecular weight excluding hydrogens is 477 g/mol. The Labute approximate surface area is 213 Å². The summed E-state index contributed by atoms with van der Waals surface area (Å²) in [6, 6.07) is 11.3. The predicted octanol–water partition coefficient (Wildman–Crippen LogP) is 4.82. The number of amides is 1. The molecule has 10 heteroatoms. The number of piperidine rings is 1. The molecule has 0 radical (unpaired) electrons. The molecule has 5 heterocycles. The van der Waals surface area contributed by atoms with Crippen LogP contribution in [0.3, 0.4) is 0 Å². The molecule has 1 atom stereocenters. The van der Waals surface area contributed by atoms with E-state index < -0.39 is 12.1 Å². The minimum absolute atomic E-state index is 0.170. The van der Waals surface area contributed by atoms with Gasteiger partial charge in [-0.25, -0.2) is 4.39 Å². The van der Waals surface area contributed by atoms with Crippen LogP contribution >= 0.6 is 0 Å². The summed E-state index contributed by atoms with van der Waals surface area (Å²) >= 11 is 0. The third-order valence-corrected chi connectivity index (χ3v) is 6.74. The average molecular weight is 506 g/mol. The quantitative estimate of drug-likeness (QED) is 0.413. The number of rotatable bonds is 5. The Balaban J connectivity index is 1.32. The van der Waals surface area contributed by atoms with Crippen LogP contribution in [-0.4, -0.2) is 61.4 Å². The first-order valence-corrected chi connectivity index (χ1v) is 12.5. The maximum atomic E-state index is 14.3. The number of fused-ring (bicyclic) bond motifs is 1. The van der Waals surface area contributed by atoms with Crippen LogP contribution < -0.4 is 15.1 Å². The Morgan fingerprint density at radius 2 is 1.95 bits per heavy atom. The molecule has 2 fully saturated rings. The molecule has 0 aliphatic carbocycles. The summed E-state index contributed by atoms with van der Waals surface area (Å²) in [5.74, 6) is 0.344. The van der Waals surface area contributed by atoms with Crippen LogP contribution in [0.15, 0.2) is 51.4 Å². The number of hydrogen-bond acceptors (Lipinski definition) is 8. The van der Waals surface area contributed by atoms with Crippen molar-refractivity contribution in [2.45, 2.75) is 25.9 Å². The molecule has 0 spiro atoms. The van der Waals surface area contributed by atoms with Crippen LogP contribution in [0.5, 0.6) is 0 Å². The second-order valence-corrected chi connectivity index (χ2v) is 9.42. The van der Waals surface area contributed by atoms with Crippen molar-refractivity contribution in [3.8, 4) is 11.3 Å². The molecular formula is C27H28FN5O4. The summed E-state index contributed by atoms with van der Waals surface area (Å²) in [6.07, 6.45) is 2.05. The molecule has 2 saturated heterocycles. The lowest BCUT2D eigenvalue weighted by Gasteiger charge is -2.32. The fourth-order valence-electron chi connectivity index (χ4n) is 4.84. The van der Waals surface area contributed by atoms with Gasteiger partial charge in [-0.1, -0.05) is 0 Å². The van der Waals surface area contributed by atoms with Gasteiger partial charge in [-0.3, -0.25) is 9.78 Å². The minimum Gasteiger partial charge on any atom is -0.451 e. The highest BCUT2D eigenvalue weighted by Gasteiger charge is 2.25. The zero-order valence-corrected chi connectivity index (χ0v) is 20.6. The number of carbonyl (C=O) groups is 1. The molecule has 0 bridgehead atoms. The highest BCUT2D eigenvalue weighted by Crippen LogP contribution is 2.36. The molecule has 4 aromatic rings. The summed E-state index contributed by atoms with van der Waals surface area (Å²) in [4.78, 5) is 26.1. The highest BCUT2D eigenvalue weighted by atomic mass is 19.1. The van der Waals surface area contributed by atoms with Crippen molar-refractivity contribution < 1.29 is 22.8 Å². The standard InChI is InChI=1S/C27H28FN5O4/c1-17-13-18(6-7-29-17)23-4-5-24(36-23)26(34)30-20-15-25-21(14-22(20)33-8-2-3-19(28)16-33)31-27(37-25)32-9-11-35-12-10-32/h4-7,13-15,19H,2-3,8-12,16H2,1H3,(H,30,34). The molecule has 1 N–H and O–H groups in total. The van der Waals surface area contributed by atoms with Crippen molar-refractivity contribution in [3.05, 3.63) is 54.0 Å². The number of ether oxygens (including phenoxy) is 1. The molecule has 37 heavy (non-hydrogen) atoms. The lowest BCUT2D eigenvalue weighted by Crippen LogP contribution is -2.37. The van der Waals surface area contributed by atoms with Crippen molar-refractivity contribution in [3.63, 3.8) is 0 Å². The monoisotopic (exact) mass is 505 g/mol. The second-order valence-electron chi connectivity index (χ2n) is 9.42. The Kier molecular flexibility index (Phi) is 6.25. The smallest absolute Gasteiger partial charge is 0.298 e. The molecule has 0 saturated carbocycles. The van der Waals surface area contributed by atoms with Gasteiger partial charge in [-0.15, -0.1) is 0 Å². The van der Waals surface area contributed by atoms with Crippen molar-refractivity contribution >= 4 is 34.4 Å². The number of pyridine rings is 1. The van der Waals surface area contributed by atoms with Crippen LogP contribution in [0.2, 0.25) is 0 Å². The molecule has 6 rings (SSSR count). The Morgan fingerprint density at radius 1 is 1.08 bits per heavy atom. The zero-order valence-electron chi connectivity index (χ0n) is 20.6. The van der Waals surface area contributed by atoms with Crippen molar-refractivity contribution in [2.75, 3.05) is 54.5 Å².